The van der Waals surface area contributed by atoms with Crippen molar-refractivity contribution < 1.29 is 19.7 Å². The fourth-order valence-electron chi connectivity index (χ4n) is 2.30. The van der Waals surface area contributed by atoms with Gasteiger partial charge in [-0.15, -0.1) is 0 Å². The first kappa shape index (κ1) is 14.6. The maximum Gasteiger partial charge on any atom is 0.339 e. The minimum absolute atomic E-state index is 0.0616. The molecule has 0 saturated carbocycles. The van der Waals surface area contributed by atoms with Crippen LogP contribution in [0.2, 0.25) is 0 Å². The number of carbonyl (C=O) groups is 1. The van der Waals surface area contributed by atoms with Crippen LogP contribution in [0.1, 0.15) is 21.7 Å². The summed E-state index contributed by atoms with van der Waals surface area (Å²) in [5.74, 6) is -0.911. The molecule has 116 valence electrons. The highest BCUT2D eigenvalue weighted by molar-refractivity contribution is 6.02. The Labute approximate surface area is 130 Å². The lowest BCUT2D eigenvalue weighted by Gasteiger charge is -2.06. The lowest BCUT2D eigenvalue weighted by atomic mass is 10.1. The lowest BCUT2D eigenvalue weighted by molar-refractivity contribution is 0.0693. The van der Waals surface area contributed by atoms with Crippen LogP contribution >= 0.6 is 0 Å². The van der Waals surface area contributed by atoms with Gasteiger partial charge in [0.15, 0.2) is 0 Å². The van der Waals surface area contributed by atoms with Crippen molar-refractivity contribution in [2.45, 2.75) is 0 Å². The number of hydrogen-bond acceptors (Lipinski definition) is 5. The molecule has 0 aliphatic rings. The fourth-order valence-corrected chi connectivity index (χ4v) is 2.30. The predicted octanol–water partition coefficient (Wildman–Crippen LogP) is 2.54. The maximum absolute atomic E-state index is 11.3. The molecular weight excluding hydrogens is 298 g/mol. The predicted molar refractivity (Wildman–Crippen MR) is 84.4 cm³/mol. The van der Waals surface area contributed by atoms with Gasteiger partial charge in [0.25, 0.3) is 0 Å². The summed E-state index contributed by atoms with van der Waals surface area (Å²) in [6, 6.07) is 7.98. The second-order valence-electron chi connectivity index (χ2n) is 4.74. The fraction of sp³-hybridized carbons (Fsp3) is 0.0625. The van der Waals surface area contributed by atoms with Crippen LogP contribution in [-0.4, -0.2) is 38.5 Å². The Morgan fingerprint density at radius 3 is 2.78 bits per heavy atom. The molecule has 3 N–H and O–H groups in total. The molecule has 7 nitrogen and oxygen atoms in total. The molecule has 0 aliphatic heterocycles. The van der Waals surface area contributed by atoms with Gasteiger partial charge in [0.05, 0.1) is 29.4 Å². The number of rotatable bonds is 4. The molecule has 1 aromatic carbocycles. The zero-order valence-electron chi connectivity index (χ0n) is 12.1. The minimum atomic E-state index is -1.07. The van der Waals surface area contributed by atoms with E-state index in [1.54, 1.807) is 30.4 Å². The molecule has 0 bridgehead atoms. The Balaban J connectivity index is 2.11. The summed E-state index contributed by atoms with van der Waals surface area (Å²) in [6.07, 6.45) is 3.34. The van der Waals surface area contributed by atoms with Crippen LogP contribution in [-0.2, 0) is 0 Å². The summed E-state index contributed by atoms with van der Waals surface area (Å²) in [6.45, 7) is 0. The summed E-state index contributed by atoms with van der Waals surface area (Å²) >= 11 is 0. The molecule has 2 aromatic heterocycles. The quantitative estimate of drug-likeness (QED) is 0.683. The number of hydrogen-bond donors (Lipinski definition) is 3. The van der Waals surface area contributed by atoms with Gasteiger partial charge >= 0.3 is 5.97 Å². The molecule has 0 atom stereocenters. The third kappa shape index (κ3) is 2.71. The Morgan fingerprint density at radius 1 is 1.26 bits per heavy atom. The summed E-state index contributed by atoms with van der Waals surface area (Å²) < 4.78 is 5.26. The van der Waals surface area contributed by atoms with E-state index in [1.807, 2.05) is 0 Å². The number of aromatic nitrogens is 3. The van der Waals surface area contributed by atoms with Crippen LogP contribution in [0.4, 0.5) is 0 Å². The van der Waals surface area contributed by atoms with Gasteiger partial charge in [0.2, 0.25) is 5.88 Å². The number of H-pyrrole nitrogens is 1. The van der Waals surface area contributed by atoms with E-state index in [2.05, 4.69) is 15.2 Å². The smallest absolute Gasteiger partial charge is 0.339 e. The molecular formula is C16H13N3O4. The number of nitrogens with zero attached hydrogens (tertiary/aromatic N) is 2. The van der Waals surface area contributed by atoms with Crippen LogP contribution in [0.3, 0.4) is 0 Å². The van der Waals surface area contributed by atoms with E-state index in [0.29, 0.717) is 22.3 Å². The zero-order valence-corrected chi connectivity index (χ0v) is 12.1. The number of nitrogens with one attached hydrogen (secondary N) is 1. The average Bonchev–Trinajstić information content (AvgIpc) is 2.95. The van der Waals surface area contributed by atoms with Crippen LogP contribution in [0.25, 0.3) is 23.1 Å². The number of pyridine rings is 1. The van der Waals surface area contributed by atoms with Gasteiger partial charge in [-0.3, -0.25) is 5.10 Å². The minimum Gasteiger partial charge on any atom is -0.495 e. The molecule has 0 fully saturated rings. The Bertz CT molecular complexity index is 915. The van der Waals surface area contributed by atoms with Gasteiger partial charge in [-0.05, 0) is 30.4 Å². The number of ether oxygens (including phenoxy) is 1. The highest BCUT2D eigenvalue weighted by Gasteiger charge is 2.17. The average molecular weight is 311 g/mol. The van der Waals surface area contributed by atoms with E-state index >= 15 is 0 Å². The number of benzene rings is 1. The number of carboxylic acids is 1. The maximum atomic E-state index is 11.3. The second-order valence-corrected chi connectivity index (χ2v) is 4.74. The summed E-state index contributed by atoms with van der Waals surface area (Å²) in [4.78, 5) is 15.3. The van der Waals surface area contributed by atoms with Crippen molar-refractivity contribution in [2.24, 2.45) is 0 Å². The lowest BCUT2D eigenvalue weighted by Crippen LogP contribution is -2.00. The zero-order chi connectivity index (χ0) is 16.4. The van der Waals surface area contributed by atoms with Crippen molar-refractivity contribution in [3.05, 3.63) is 47.3 Å². The van der Waals surface area contributed by atoms with E-state index in [1.165, 1.54) is 19.2 Å². The molecule has 3 aromatic rings. The van der Waals surface area contributed by atoms with Gasteiger partial charge in [0, 0.05) is 6.07 Å². The molecule has 2 heterocycles. The van der Waals surface area contributed by atoms with Crippen molar-refractivity contribution in [3.63, 3.8) is 0 Å². The van der Waals surface area contributed by atoms with E-state index in [4.69, 9.17) is 4.74 Å². The van der Waals surface area contributed by atoms with Gasteiger partial charge in [0.1, 0.15) is 11.3 Å². The first-order valence-electron chi connectivity index (χ1n) is 6.72. The third-order valence-electron chi connectivity index (χ3n) is 3.31. The van der Waals surface area contributed by atoms with Crippen LogP contribution < -0.4 is 4.74 Å². The molecule has 7 heteroatoms. The van der Waals surface area contributed by atoms with Crippen molar-refractivity contribution in [2.75, 3.05) is 7.11 Å². The Morgan fingerprint density at radius 2 is 2.09 bits per heavy atom. The first-order chi connectivity index (χ1) is 11.1. The monoisotopic (exact) mass is 311 g/mol. The highest BCUT2D eigenvalue weighted by atomic mass is 16.5. The van der Waals surface area contributed by atoms with E-state index in [-0.39, 0.29) is 17.2 Å². The van der Waals surface area contributed by atoms with Gasteiger partial charge < -0.3 is 14.9 Å². The standard InChI is InChI=1S/C16H13N3O4/c1-23-15-10(16(21)22)6-8-12-14(15)11(18-19-12)7-5-9-3-2-4-13(20)17-9/h2-8H,1H3,(H,17,20)(H,18,19)(H,21,22). The van der Waals surface area contributed by atoms with Crippen LogP contribution in [0.5, 0.6) is 11.6 Å². The molecule has 0 radical (unpaired) electrons. The van der Waals surface area contributed by atoms with Crippen molar-refractivity contribution in [1.82, 2.24) is 15.2 Å². The second kappa shape index (κ2) is 5.80. The van der Waals surface area contributed by atoms with Crippen molar-refractivity contribution >= 4 is 29.0 Å². The third-order valence-corrected chi connectivity index (χ3v) is 3.31. The molecule has 0 saturated heterocycles. The molecule has 23 heavy (non-hydrogen) atoms. The first-order valence-corrected chi connectivity index (χ1v) is 6.72. The Hall–Kier alpha value is -3.35. The summed E-state index contributed by atoms with van der Waals surface area (Å²) in [5, 5.41) is 26.2. The normalized spacial score (nSPS) is 11.2. The number of methoxy groups -OCH3 is 1. The number of carboxylic acid groups (broad SMARTS) is 1. The molecule has 0 amide bonds. The molecule has 3 rings (SSSR count). The largest absolute Gasteiger partial charge is 0.495 e. The number of aromatic hydroxyl groups is 1. The highest BCUT2D eigenvalue weighted by Crippen LogP contribution is 2.32. The number of aromatic carboxylic acids is 1. The van der Waals surface area contributed by atoms with Gasteiger partial charge in [-0.25, -0.2) is 9.78 Å². The summed E-state index contributed by atoms with van der Waals surface area (Å²) in [7, 11) is 1.42. The molecule has 0 spiro atoms. The summed E-state index contributed by atoms with van der Waals surface area (Å²) in [5.41, 5.74) is 1.79. The van der Waals surface area contributed by atoms with E-state index in [9.17, 15) is 15.0 Å². The van der Waals surface area contributed by atoms with E-state index in [0.717, 1.165) is 0 Å². The number of aromatic amines is 1. The van der Waals surface area contributed by atoms with Crippen molar-refractivity contribution in [1.29, 1.82) is 0 Å². The van der Waals surface area contributed by atoms with E-state index < -0.39 is 5.97 Å². The van der Waals surface area contributed by atoms with Gasteiger partial charge in [-0.1, -0.05) is 6.07 Å². The van der Waals surface area contributed by atoms with Crippen LogP contribution in [0.15, 0.2) is 30.3 Å². The topological polar surface area (TPSA) is 108 Å². The van der Waals surface area contributed by atoms with Crippen molar-refractivity contribution in [3.8, 4) is 11.6 Å². The molecule has 0 unspecified atom stereocenters. The Kier molecular flexibility index (Phi) is 3.68. The van der Waals surface area contributed by atoms with Gasteiger partial charge in [-0.2, -0.15) is 5.10 Å². The molecule has 0 aliphatic carbocycles. The van der Waals surface area contributed by atoms with Crippen LogP contribution in [0, 0.1) is 0 Å². The number of fused-ring (bicyclic) bond motifs is 1. The SMILES string of the molecule is COc1c(C(=O)O)ccc2[nH]nc(C=Cc3cccc(O)n3)c12.